The summed E-state index contributed by atoms with van der Waals surface area (Å²) in [5, 5.41) is 0.956. The molecule has 0 saturated carbocycles. The molecule has 0 aliphatic rings. The number of hydrogen-bond donors (Lipinski definition) is 0. The number of rotatable bonds is 15. The quantitative estimate of drug-likeness (QED) is 0.178. The minimum atomic E-state index is -4.12. The Kier molecular flexibility index (Phi) is 12.4. The van der Waals surface area contributed by atoms with E-state index < -0.39 is 10.0 Å². The van der Waals surface area contributed by atoms with Crippen LogP contribution in [0, 0.1) is 5.92 Å². The molecule has 0 fully saturated rings. The number of ether oxygens (including phenoxy) is 1. The van der Waals surface area contributed by atoms with Gasteiger partial charge in [-0.1, -0.05) is 66.8 Å². The van der Waals surface area contributed by atoms with Crippen molar-refractivity contribution < 1.29 is 17.9 Å². The van der Waals surface area contributed by atoms with Crippen LogP contribution in [0.2, 0.25) is 15.1 Å². The number of amides is 1. The second-order valence-corrected chi connectivity index (χ2v) is 13.0. The first kappa shape index (κ1) is 32.4. The van der Waals surface area contributed by atoms with Crippen LogP contribution in [-0.4, -0.2) is 60.9 Å². The summed E-state index contributed by atoms with van der Waals surface area (Å²) in [5.74, 6) is -0.140. The van der Waals surface area contributed by atoms with Gasteiger partial charge >= 0.3 is 0 Å². The molecule has 0 radical (unpaired) electrons. The van der Waals surface area contributed by atoms with E-state index >= 15 is 0 Å². The highest BCUT2D eigenvalue weighted by molar-refractivity contribution is 7.89. The van der Waals surface area contributed by atoms with Crippen molar-refractivity contribution in [3.8, 4) is 0 Å². The highest BCUT2D eigenvalue weighted by Gasteiger charge is 2.30. The van der Waals surface area contributed by atoms with Crippen molar-refractivity contribution in [2.75, 3.05) is 32.8 Å². The summed E-state index contributed by atoms with van der Waals surface area (Å²) in [5.41, 5.74) is 1.88. The van der Waals surface area contributed by atoms with E-state index in [1.807, 2.05) is 67.9 Å². The van der Waals surface area contributed by atoms with Gasteiger partial charge in [0.15, 0.2) is 0 Å². The van der Waals surface area contributed by atoms with E-state index in [0.717, 1.165) is 11.3 Å². The van der Waals surface area contributed by atoms with Gasteiger partial charge in [-0.2, -0.15) is 4.31 Å². The number of aromatic nitrogens is 1. The third-order valence-electron chi connectivity index (χ3n) is 6.24. The molecule has 1 heterocycles. The summed E-state index contributed by atoms with van der Waals surface area (Å²) in [4.78, 5) is 15.3. The number of halogens is 3. The minimum Gasteiger partial charge on any atom is -0.382 e. The van der Waals surface area contributed by atoms with Gasteiger partial charge in [-0.25, -0.2) is 8.42 Å². The van der Waals surface area contributed by atoms with Crippen LogP contribution in [0.15, 0.2) is 65.7 Å². The molecule has 0 N–H and O–H groups in total. The minimum absolute atomic E-state index is 0.0445. The normalized spacial score (nSPS) is 11.9. The molecule has 218 valence electrons. The Morgan fingerprint density at radius 2 is 1.77 bits per heavy atom. The van der Waals surface area contributed by atoms with Gasteiger partial charge in [-0.3, -0.25) is 4.79 Å². The summed E-state index contributed by atoms with van der Waals surface area (Å²) in [6, 6.07) is 15.8. The van der Waals surface area contributed by atoms with E-state index in [1.165, 1.54) is 22.5 Å². The van der Waals surface area contributed by atoms with Crippen molar-refractivity contribution in [2.24, 2.45) is 5.92 Å². The van der Waals surface area contributed by atoms with Gasteiger partial charge in [0.2, 0.25) is 15.9 Å². The van der Waals surface area contributed by atoms with Gasteiger partial charge < -0.3 is 14.2 Å². The third-order valence-corrected chi connectivity index (χ3v) is 9.17. The molecule has 0 saturated heterocycles. The first-order valence-corrected chi connectivity index (χ1v) is 15.8. The lowest BCUT2D eigenvalue weighted by molar-refractivity contribution is -0.132. The van der Waals surface area contributed by atoms with Crippen molar-refractivity contribution >= 4 is 50.7 Å². The lowest BCUT2D eigenvalue weighted by Crippen LogP contribution is -2.44. The standard InChI is InChI=1S/C29H36Cl3N3O4S/c1-4-39-16-8-15-35(40(37,38)28-17-24(30)12-13-27(28)32)21-29(36)34(18-22(2)3)20-25-10-7-14-33(25)19-23-9-5-6-11-26(23)31/h5-7,9-14,17,22H,4,8,15-16,18-21H2,1-3H3. The maximum Gasteiger partial charge on any atom is 0.245 e. The largest absolute Gasteiger partial charge is 0.382 e. The van der Waals surface area contributed by atoms with Crippen LogP contribution in [0.25, 0.3) is 0 Å². The van der Waals surface area contributed by atoms with Gasteiger partial charge in [0.05, 0.1) is 18.1 Å². The number of sulfonamides is 1. The van der Waals surface area contributed by atoms with E-state index in [4.69, 9.17) is 39.5 Å². The summed E-state index contributed by atoms with van der Waals surface area (Å²) in [7, 11) is -4.12. The molecule has 0 atom stereocenters. The molecule has 0 bridgehead atoms. The number of nitrogens with zero attached hydrogens (tertiary/aromatic N) is 3. The lowest BCUT2D eigenvalue weighted by atomic mass is 10.2. The van der Waals surface area contributed by atoms with Crippen LogP contribution in [0.5, 0.6) is 0 Å². The second-order valence-electron chi connectivity index (χ2n) is 9.85. The van der Waals surface area contributed by atoms with Crippen molar-refractivity contribution in [3.05, 3.63) is 87.1 Å². The predicted molar refractivity (Wildman–Crippen MR) is 162 cm³/mol. The summed E-state index contributed by atoms with van der Waals surface area (Å²) in [6.45, 7) is 7.88. The average Bonchev–Trinajstić information content (AvgIpc) is 3.34. The molecule has 0 aliphatic carbocycles. The molecule has 0 spiro atoms. The smallest absolute Gasteiger partial charge is 0.245 e. The van der Waals surface area contributed by atoms with Crippen LogP contribution in [-0.2, 0) is 32.6 Å². The molecular weight excluding hydrogens is 593 g/mol. The van der Waals surface area contributed by atoms with E-state index in [1.54, 1.807) is 4.90 Å². The zero-order chi connectivity index (χ0) is 29.3. The van der Waals surface area contributed by atoms with Crippen LogP contribution in [0.1, 0.15) is 38.4 Å². The SMILES string of the molecule is CCOCCCN(CC(=O)N(Cc1cccn1Cc1ccccc1Cl)CC(C)C)S(=O)(=O)c1cc(Cl)ccc1Cl. The molecule has 7 nitrogen and oxygen atoms in total. The van der Waals surface area contributed by atoms with E-state index in [9.17, 15) is 13.2 Å². The summed E-state index contributed by atoms with van der Waals surface area (Å²) < 4.78 is 36.0. The molecule has 3 rings (SSSR count). The van der Waals surface area contributed by atoms with E-state index in [0.29, 0.717) is 44.3 Å². The first-order valence-electron chi connectivity index (χ1n) is 13.2. The maximum atomic E-state index is 13.8. The third kappa shape index (κ3) is 8.96. The highest BCUT2D eigenvalue weighted by Crippen LogP contribution is 2.28. The molecule has 40 heavy (non-hydrogen) atoms. The van der Waals surface area contributed by atoms with Crippen molar-refractivity contribution in [1.82, 2.24) is 13.8 Å². The molecule has 3 aromatic rings. The predicted octanol–water partition coefficient (Wildman–Crippen LogP) is 6.60. The summed E-state index contributed by atoms with van der Waals surface area (Å²) >= 11 is 18.8. The van der Waals surface area contributed by atoms with Crippen LogP contribution >= 0.6 is 34.8 Å². The van der Waals surface area contributed by atoms with Crippen molar-refractivity contribution in [3.63, 3.8) is 0 Å². The Hall–Kier alpha value is -2.07. The van der Waals surface area contributed by atoms with Gasteiger partial charge in [-0.15, -0.1) is 0 Å². The Morgan fingerprint density at radius 1 is 1.02 bits per heavy atom. The molecule has 2 aromatic carbocycles. The molecule has 11 heteroatoms. The lowest BCUT2D eigenvalue weighted by Gasteiger charge is -2.29. The summed E-state index contributed by atoms with van der Waals surface area (Å²) in [6.07, 6.45) is 2.37. The van der Waals surface area contributed by atoms with Gasteiger partial charge in [-0.05, 0) is 61.2 Å². The average molecular weight is 629 g/mol. The van der Waals surface area contributed by atoms with Gasteiger partial charge in [0, 0.05) is 54.8 Å². The maximum absolute atomic E-state index is 13.8. The molecule has 0 unspecified atom stereocenters. The van der Waals surface area contributed by atoms with Crippen LogP contribution in [0.4, 0.5) is 0 Å². The van der Waals surface area contributed by atoms with E-state index in [2.05, 4.69) is 0 Å². The van der Waals surface area contributed by atoms with Gasteiger partial charge in [0.1, 0.15) is 4.90 Å². The first-order chi connectivity index (χ1) is 19.0. The number of carbonyl (C=O) groups excluding carboxylic acids is 1. The topological polar surface area (TPSA) is 71.8 Å². The fourth-order valence-electron chi connectivity index (χ4n) is 4.28. The molecule has 1 amide bonds. The number of carbonyl (C=O) groups is 1. The van der Waals surface area contributed by atoms with Crippen LogP contribution < -0.4 is 0 Å². The monoisotopic (exact) mass is 627 g/mol. The van der Waals surface area contributed by atoms with E-state index in [-0.39, 0.29) is 39.9 Å². The highest BCUT2D eigenvalue weighted by atomic mass is 35.5. The van der Waals surface area contributed by atoms with Crippen LogP contribution in [0.3, 0.4) is 0 Å². The molecular formula is C29H36Cl3N3O4S. The Labute approximate surface area is 252 Å². The van der Waals surface area contributed by atoms with Crippen molar-refractivity contribution in [1.29, 1.82) is 0 Å². The number of hydrogen-bond acceptors (Lipinski definition) is 4. The fraction of sp³-hybridized carbons (Fsp3) is 0.414. The second kappa shape index (κ2) is 15.2. The number of benzene rings is 2. The van der Waals surface area contributed by atoms with Crippen molar-refractivity contribution in [2.45, 2.75) is 45.2 Å². The fourth-order valence-corrected chi connectivity index (χ4v) is 6.65. The zero-order valence-corrected chi connectivity index (χ0v) is 26.1. The molecule has 0 aliphatic heterocycles. The Bertz CT molecular complexity index is 1380. The Balaban J connectivity index is 1.86. The Morgan fingerprint density at radius 3 is 2.48 bits per heavy atom. The zero-order valence-electron chi connectivity index (χ0n) is 23.0. The van der Waals surface area contributed by atoms with Gasteiger partial charge in [0.25, 0.3) is 0 Å². The molecule has 1 aromatic heterocycles.